The van der Waals surface area contributed by atoms with E-state index in [9.17, 15) is 18.8 Å². The molecule has 4 heterocycles. The van der Waals surface area contributed by atoms with Crippen molar-refractivity contribution in [3.63, 3.8) is 0 Å². The summed E-state index contributed by atoms with van der Waals surface area (Å²) in [5.74, 6) is -1.14. The Morgan fingerprint density at radius 2 is 1.72 bits per heavy atom. The van der Waals surface area contributed by atoms with Crippen LogP contribution >= 0.6 is 11.3 Å². The summed E-state index contributed by atoms with van der Waals surface area (Å²) >= 11 is 1.21. The molecule has 8 rings (SSSR count). The first-order chi connectivity index (χ1) is 20.9. The summed E-state index contributed by atoms with van der Waals surface area (Å²) in [6.45, 7) is 0.0885. The van der Waals surface area contributed by atoms with Gasteiger partial charge in [0.05, 0.1) is 40.5 Å². The number of halogens is 1. The smallest absolute Gasteiger partial charge is 0.297 e. The SMILES string of the molecule is COc1ccc2nc(N3C(=O)c4oc5ccccc5c(=O)c4C34C(=O)N(Cc3ccc(F)cc3)c3ccccc34)sc2c1. The lowest BCUT2D eigenvalue weighted by Gasteiger charge is -2.32. The van der Waals surface area contributed by atoms with Gasteiger partial charge in [-0.05, 0) is 54.1 Å². The molecule has 210 valence electrons. The van der Waals surface area contributed by atoms with E-state index < -0.39 is 28.6 Å². The lowest BCUT2D eigenvalue weighted by Crippen LogP contribution is -2.53. The maximum absolute atomic E-state index is 15.0. The Hall–Kier alpha value is -5.35. The number of methoxy groups -OCH3 is 1. The molecule has 2 aromatic heterocycles. The molecule has 2 aliphatic rings. The molecule has 0 aliphatic carbocycles. The molecule has 0 bridgehead atoms. The summed E-state index contributed by atoms with van der Waals surface area (Å²) in [5.41, 5.74) is 0.0979. The van der Waals surface area contributed by atoms with Gasteiger partial charge < -0.3 is 14.1 Å². The fourth-order valence-corrected chi connectivity index (χ4v) is 7.20. The minimum atomic E-state index is -1.88. The number of hydrogen-bond donors (Lipinski definition) is 0. The van der Waals surface area contributed by atoms with E-state index in [2.05, 4.69) is 0 Å². The summed E-state index contributed by atoms with van der Waals surface area (Å²) in [4.78, 5) is 51.4. The quantitative estimate of drug-likeness (QED) is 0.250. The van der Waals surface area contributed by atoms with Gasteiger partial charge in [0, 0.05) is 5.56 Å². The van der Waals surface area contributed by atoms with E-state index in [-0.39, 0.29) is 34.0 Å². The van der Waals surface area contributed by atoms with Crippen molar-refractivity contribution >= 4 is 55.2 Å². The van der Waals surface area contributed by atoms with Crippen LogP contribution in [-0.4, -0.2) is 23.9 Å². The highest BCUT2D eigenvalue weighted by molar-refractivity contribution is 7.22. The zero-order valence-corrected chi connectivity index (χ0v) is 23.4. The van der Waals surface area contributed by atoms with Gasteiger partial charge in [-0.2, -0.15) is 0 Å². The van der Waals surface area contributed by atoms with Crippen molar-refractivity contribution in [2.24, 2.45) is 0 Å². The van der Waals surface area contributed by atoms with Gasteiger partial charge in [0.1, 0.15) is 17.1 Å². The van der Waals surface area contributed by atoms with Gasteiger partial charge in [-0.3, -0.25) is 19.3 Å². The lowest BCUT2D eigenvalue weighted by molar-refractivity contribution is -0.121. The Morgan fingerprint density at radius 3 is 2.53 bits per heavy atom. The average Bonchev–Trinajstić information content (AvgIpc) is 3.64. The van der Waals surface area contributed by atoms with Crippen molar-refractivity contribution in [2.45, 2.75) is 12.1 Å². The number of carbonyl (C=O) groups is 2. The highest BCUT2D eigenvalue weighted by Gasteiger charge is 2.66. The van der Waals surface area contributed by atoms with Gasteiger partial charge in [-0.1, -0.05) is 53.8 Å². The monoisotopic (exact) mass is 589 g/mol. The van der Waals surface area contributed by atoms with Crippen LogP contribution in [0.4, 0.5) is 15.2 Å². The summed E-state index contributed by atoms with van der Waals surface area (Å²) in [7, 11) is 1.56. The molecule has 2 aliphatic heterocycles. The van der Waals surface area contributed by atoms with Crippen molar-refractivity contribution in [3.05, 3.63) is 129 Å². The largest absolute Gasteiger partial charge is 0.497 e. The zero-order chi connectivity index (χ0) is 29.5. The number of carbonyl (C=O) groups excluding carboxylic acids is 2. The number of nitrogens with zero attached hydrogens (tertiary/aromatic N) is 3. The third-order valence-corrected chi connectivity index (χ3v) is 9.06. The molecule has 1 unspecified atom stereocenters. The van der Waals surface area contributed by atoms with Crippen molar-refractivity contribution in [2.75, 3.05) is 16.9 Å². The van der Waals surface area contributed by atoms with Crippen LogP contribution in [0.25, 0.3) is 21.2 Å². The van der Waals surface area contributed by atoms with Gasteiger partial charge in [-0.25, -0.2) is 9.37 Å². The summed E-state index contributed by atoms with van der Waals surface area (Å²) in [5, 5.41) is 0.487. The molecule has 0 saturated heterocycles. The molecule has 43 heavy (non-hydrogen) atoms. The maximum atomic E-state index is 15.0. The van der Waals surface area contributed by atoms with Crippen molar-refractivity contribution in [3.8, 4) is 5.75 Å². The number of anilines is 2. The molecule has 2 amide bonds. The average molecular weight is 590 g/mol. The molecular formula is C33H20FN3O5S. The number of ether oxygens (including phenoxy) is 1. The topological polar surface area (TPSA) is 93.0 Å². The number of rotatable bonds is 4. The van der Waals surface area contributed by atoms with E-state index in [1.54, 1.807) is 86.0 Å². The number of para-hydroxylation sites is 2. The molecule has 8 nitrogen and oxygen atoms in total. The molecule has 0 saturated carbocycles. The Bertz CT molecular complexity index is 2210. The van der Waals surface area contributed by atoms with Crippen molar-refractivity contribution in [1.29, 1.82) is 0 Å². The molecule has 1 atom stereocenters. The predicted octanol–water partition coefficient (Wildman–Crippen LogP) is 6.00. The summed E-state index contributed by atoms with van der Waals surface area (Å²) in [6.07, 6.45) is 0. The Labute approximate surface area is 247 Å². The van der Waals surface area contributed by atoms with Gasteiger partial charge in [0.25, 0.3) is 11.8 Å². The van der Waals surface area contributed by atoms with Crippen molar-refractivity contribution < 1.29 is 23.1 Å². The van der Waals surface area contributed by atoms with E-state index >= 15 is 0 Å². The fourth-order valence-electron chi connectivity index (χ4n) is 6.15. The number of fused-ring (bicyclic) bond motifs is 6. The predicted molar refractivity (Wildman–Crippen MR) is 160 cm³/mol. The number of aromatic nitrogens is 1. The Kier molecular flexibility index (Phi) is 5.35. The van der Waals surface area contributed by atoms with Crippen LogP contribution in [0.15, 0.2) is 100 Å². The fraction of sp³-hybridized carbons (Fsp3) is 0.0909. The zero-order valence-electron chi connectivity index (χ0n) is 22.5. The minimum Gasteiger partial charge on any atom is -0.497 e. The second kappa shape index (κ2) is 9.07. The van der Waals surface area contributed by atoms with Crippen LogP contribution in [-0.2, 0) is 16.9 Å². The van der Waals surface area contributed by atoms with Crippen LogP contribution in [0.3, 0.4) is 0 Å². The van der Waals surface area contributed by atoms with Gasteiger partial charge in [-0.15, -0.1) is 0 Å². The molecule has 10 heteroatoms. The van der Waals surface area contributed by atoms with Gasteiger partial charge >= 0.3 is 0 Å². The first-order valence-corrected chi connectivity index (χ1v) is 14.2. The van der Waals surface area contributed by atoms with Crippen LogP contribution in [0, 0.1) is 5.82 Å². The molecule has 1 spiro atoms. The summed E-state index contributed by atoms with van der Waals surface area (Å²) < 4.78 is 26.0. The highest BCUT2D eigenvalue weighted by Crippen LogP contribution is 2.55. The molecule has 0 radical (unpaired) electrons. The van der Waals surface area contributed by atoms with E-state index in [1.807, 2.05) is 0 Å². The third-order valence-electron chi connectivity index (χ3n) is 8.06. The lowest BCUT2D eigenvalue weighted by atomic mass is 9.84. The molecule has 4 aromatic carbocycles. The second-order valence-electron chi connectivity index (χ2n) is 10.3. The Morgan fingerprint density at radius 1 is 0.953 bits per heavy atom. The molecule has 0 N–H and O–H groups in total. The normalized spacial score (nSPS) is 17.3. The molecule has 0 fully saturated rings. The first kappa shape index (κ1) is 25.4. The Balaban J connectivity index is 1.43. The van der Waals surface area contributed by atoms with E-state index in [0.29, 0.717) is 28.1 Å². The van der Waals surface area contributed by atoms with Crippen LogP contribution in [0.2, 0.25) is 0 Å². The van der Waals surface area contributed by atoms with E-state index in [0.717, 1.165) is 4.70 Å². The number of amides is 2. The first-order valence-electron chi connectivity index (χ1n) is 13.4. The van der Waals surface area contributed by atoms with Crippen LogP contribution < -0.4 is 20.0 Å². The van der Waals surface area contributed by atoms with E-state index in [1.165, 1.54) is 33.3 Å². The highest BCUT2D eigenvalue weighted by atomic mass is 32.1. The second-order valence-corrected chi connectivity index (χ2v) is 11.4. The molecule has 6 aromatic rings. The summed E-state index contributed by atoms with van der Waals surface area (Å²) in [6, 6.07) is 24.9. The minimum absolute atomic E-state index is 0.0490. The van der Waals surface area contributed by atoms with Crippen LogP contribution in [0.5, 0.6) is 5.75 Å². The third kappa shape index (κ3) is 3.41. The van der Waals surface area contributed by atoms with Gasteiger partial charge in [0.15, 0.2) is 16.1 Å². The number of thiazole rings is 1. The standard InChI is InChI=1S/C33H20FN3O5S/c1-41-20-14-15-23-26(16-20)43-32(35-23)37-30(39)29-27(28(38)21-6-2-5-9-25(21)42-29)33(37)22-7-3-4-8-24(22)36(31(33)40)17-18-10-12-19(34)13-11-18/h2-16H,17H2,1H3. The molecular weight excluding hydrogens is 569 g/mol. The van der Waals surface area contributed by atoms with Crippen molar-refractivity contribution in [1.82, 2.24) is 4.98 Å². The maximum Gasteiger partial charge on any atom is 0.297 e. The number of hydrogen-bond acceptors (Lipinski definition) is 7. The number of benzene rings is 4. The van der Waals surface area contributed by atoms with Crippen LogP contribution in [0.1, 0.15) is 27.2 Å². The van der Waals surface area contributed by atoms with E-state index in [4.69, 9.17) is 14.1 Å². The van der Waals surface area contributed by atoms with Gasteiger partial charge in [0.2, 0.25) is 5.76 Å².